The van der Waals surface area contributed by atoms with Gasteiger partial charge in [0.1, 0.15) is 7.05 Å². The maximum Gasteiger partial charge on any atom is 0.288 e. The fraction of sp³-hybridized carbons (Fsp3) is 0.750. The van der Waals surface area contributed by atoms with Gasteiger partial charge in [-0.15, -0.1) is 0 Å². The fourth-order valence-corrected chi connectivity index (χ4v) is 2.14. The molecule has 0 aliphatic rings. The SMILES string of the molecule is CCC(=CC(C)(CC)C(C)=[N+](C)C(C)=NC)CC. The summed E-state index contributed by atoms with van der Waals surface area (Å²) in [7, 11) is 3.96. The molecule has 0 radical (unpaired) electrons. The highest BCUT2D eigenvalue weighted by atomic mass is 15.1. The monoisotopic (exact) mass is 251 g/mol. The molecular formula is C16H31N2+. The van der Waals surface area contributed by atoms with Crippen molar-refractivity contribution >= 4 is 11.5 Å². The number of amidine groups is 1. The molecular weight excluding hydrogens is 220 g/mol. The molecule has 2 heteroatoms. The van der Waals surface area contributed by atoms with Gasteiger partial charge in [-0.05, 0) is 33.1 Å². The highest BCUT2D eigenvalue weighted by Crippen LogP contribution is 2.28. The molecule has 0 bridgehead atoms. The summed E-state index contributed by atoms with van der Waals surface area (Å²) in [5.74, 6) is 1.06. The molecule has 0 rings (SSSR count). The van der Waals surface area contributed by atoms with Gasteiger partial charge < -0.3 is 0 Å². The van der Waals surface area contributed by atoms with E-state index in [2.05, 4.69) is 64.2 Å². The molecule has 0 fully saturated rings. The summed E-state index contributed by atoms with van der Waals surface area (Å²) in [5, 5.41) is 0. The molecule has 0 aliphatic heterocycles. The summed E-state index contributed by atoms with van der Waals surface area (Å²) < 4.78 is 2.21. The van der Waals surface area contributed by atoms with Crippen LogP contribution in [0.4, 0.5) is 0 Å². The molecule has 2 nitrogen and oxygen atoms in total. The normalized spacial score (nSPS) is 17.0. The van der Waals surface area contributed by atoms with E-state index in [1.54, 1.807) is 0 Å². The molecule has 0 spiro atoms. The fourth-order valence-electron chi connectivity index (χ4n) is 2.14. The van der Waals surface area contributed by atoms with Crippen molar-refractivity contribution in [2.24, 2.45) is 10.4 Å². The summed E-state index contributed by atoms with van der Waals surface area (Å²) in [5.41, 5.74) is 3.04. The Kier molecular flexibility index (Phi) is 7.12. The minimum absolute atomic E-state index is 0.127. The van der Waals surface area contributed by atoms with E-state index in [0.717, 1.165) is 25.1 Å². The second kappa shape index (κ2) is 7.50. The Bertz CT molecular complexity index is 355. The highest BCUT2D eigenvalue weighted by molar-refractivity contribution is 5.90. The van der Waals surface area contributed by atoms with Gasteiger partial charge in [-0.1, -0.05) is 37.4 Å². The summed E-state index contributed by atoms with van der Waals surface area (Å²) in [6, 6.07) is 0. The minimum atomic E-state index is 0.127. The van der Waals surface area contributed by atoms with Gasteiger partial charge in [0.2, 0.25) is 0 Å². The van der Waals surface area contributed by atoms with Crippen LogP contribution in [0.5, 0.6) is 0 Å². The number of allylic oxidation sites excluding steroid dienone is 2. The second-order valence-corrected chi connectivity index (χ2v) is 5.20. The molecule has 0 aliphatic carbocycles. The Morgan fingerprint density at radius 3 is 2.00 bits per heavy atom. The van der Waals surface area contributed by atoms with Gasteiger partial charge in [0.15, 0.2) is 0 Å². The molecule has 1 atom stereocenters. The van der Waals surface area contributed by atoms with Crippen molar-refractivity contribution in [2.45, 2.75) is 60.8 Å². The van der Waals surface area contributed by atoms with Crippen LogP contribution < -0.4 is 0 Å². The van der Waals surface area contributed by atoms with Crippen LogP contribution in [-0.4, -0.2) is 30.2 Å². The molecule has 0 N–H and O–H groups in total. The van der Waals surface area contributed by atoms with Gasteiger partial charge in [0.25, 0.3) is 5.84 Å². The number of hydrogen-bond acceptors (Lipinski definition) is 1. The van der Waals surface area contributed by atoms with Crippen molar-refractivity contribution in [3.05, 3.63) is 11.6 Å². The predicted octanol–water partition coefficient (Wildman–Crippen LogP) is 4.30. The van der Waals surface area contributed by atoms with Crippen molar-refractivity contribution in [1.29, 1.82) is 0 Å². The molecule has 0 aromatic heterocycles. The van der Waals surface area contributed by atoms with E-state index in [-0.39, 0.29) is 5.41 Å². The zero-order valence-corrected chi connectivity index (χ0v) is 13.6. The van der Waals surface area contributed by atoms with Crippen molar-refractivity contribution in [1.82, 2.24) is 0 Å². The lowest BCUT2D eigenvalue weighted by Crippen LogP contribution is -2.33. The first kappa shape index (κ1) is 17.1. The van der Waals surface area contributed by atoms with E-state index in [4.69, 9.17) is 0 Å². The Balaban J connectivity index is 5.62. The molecule has 1 unspecified atom stereocenters. The molecule has 0 heterocycles. The van der Waals surface area contributed by atoms with Crippen LogP contribution >= 0.6 is 0 Å². The van der Waals surface area contributed by atoms with Crippen LogP contribution in [0.3, 0.4) is 0 Å². The molecule has 0 aromatic carbocycles. The van der Waals surface area contributed by atoms with Crippen LogP contribution in [0.2, 0.25) is 0 Å². The van der Waals surface area contributed by atoms with Crippen molar-refractivity contribution in [3.8, 4) is 0 Å². The van der Waals surface area contributed by atoms with Crippen LogP contribution in [-0.2, 0) is 0 Å². The molecule has 0 saturated carbocycles. The van der Waals surface area contributed by atoms with E-state index < -0.39 is 0 Å². The molecule has 18 heavy (non-hydrogen) atoms. The smallest absolute Gasteiger partial charge is 0.239 e. The average molecular weight is 251 g/mol. The Morgan fingerprint density at radius 2 is 1.67 bits per heavy atom. The first-order chi connectivity index (χ1) is 8.36. The van der Waals surface area contributed by atoms with Gasteiger partial charge in [0.05, 0.1) is 12.8 Å². The molecule has 0 saturated heterocycles. The van der Waals surface area contributed by atoms with Crippen LogP contribution in [0.25, 0.3) is 0 Å². The van der Waals surface area contributed by atoms with Crippen molar-refractivity contribution < 1.29 is 4.58 Å². The lowest BCUT2D eigenvalue weighted by Gasteiger charge is -2.26. The third kappa shape index (κ3) is 4.08. The zero-order chi connectivity index (χ0) is 14.3. The Morgan fingerprint density at radius 1 is 1.17 bits per heavy atom. The lowest BCUT2D eigenvalue weighted by molar-refractivity contribution is -0.377. The van der Waals surface area contributed by atoms with Crippen LogP contribution in [0.15, 0.2) is 16.6 Å². The van der Waals surface area contributed by atoms with E-state index in [1.807, 2.05) is 7.05 Å². The third-order valence-corrected chi connectivity index (χ3v) is 4.30. The second-order valence-electron chi connectivity index (χ2n) is 5.20. The number of hydrogen-bond donors (Lipinski definition) is 0. The highest BCUT2D eigenvalue weighted by Gasteiger charge is 2.27. The zero-order valence-electron chi connectivity index (χ0n) is 13.6. The van der Waals surface area contributed by atoms with Crippen molar-refractivity contribution in [3.63, 3.8) is 0 Å². The van der Waals surface area contributed by atoms with E-state index in [9.17, 15) is 0 Å². The average Bonchev–Trinajstić information content (AvgIpc) is 2.41. The van der Waals surface area contributed by atoms with Crippen LogP contribution in [0.1, 0.15) is 60.8 Å². The molecule has 0 amide bonds. The maximum absolute atomic E-state index is 4.28. The van der Waals surface area contributed by atoms with Gasteiger partial charge in [-0.2, -0.15) is 0 Å². The number of rotatable bonds is 5. The maximum atomic E-state index is 4.28. The predicted molar refractivity (Wildman–Crippen MR) is 83.0 cm³/mol. The van der Waals surface area contributed by atoms with Gasteiger partial charge in [-0.25, -0.2) is 4.58 Å². The summed E-state index contributed by atoms with van der Waals surface area (Å²) in [6.07, 6.45) is 5.86. The van der Waals surface area contributed by atoms with E-state index in [1.165, 1.54) is 11.3 Å². The quantitative estimate of drug-likeness (QED) is 0.300. The number of nitrogens with zero attached hydrogens (tertiary/aromatic N) is 2. The third-order valence-electron chi connectivity index (χ3n) is 4.30. The minimum Gasteiger partial charge on any atom is -0.239 e. The lowest BCUT2D eigenvalue weighted by atomic mass is 9.80. The van der Waals surface area contributed by atoms with E-state index in [0.29, 0.717) is 0 Å². The van der Waals surface area contributed by atoms with Gasteiger partial charge in [-0.3, -0.25) is 0 Å². The standard InChI is InChI=1S/C16H31N2/c1-9-15(10-2)12-16(6,11-3)13(4)18(8)14(5)17-7/h12H,9-11H2,1-8H3/q+1. The van der Waals surface area contributed by atoms with Gasteiger partial charge >= 0.3 is 0 Å². The first-order valence-electron chi connectivity index (χ1n) is 7.07. The summed E-state index contributed by atoms with van der Waals surface area (Å²) >= 11 is 0. The van der Waals surface area contributed by atoms with Gasteiger partial charge in [0, 0.05) is 12.3 Å². The summed E-state index contributed by atoms with van der Waals surface area (Å²) in [6.45, 7) is 13.3. The topological polar surface area (TPSA) is 15.4 Å². The largest absolute Gasteiger partial charge is 0.288 e. The van der Waals surface area contributed by atoms with Crippen molar-refractivity contribution in [2.75, 3.05) is 14.1 Å². The Hall–Kier alpha value is -0.920. The van der Waals surface area contributed by atoms with E-state index >= 15 is 0 Å². The first-order valence-corrected chi connectivity index (χ1v) is 7.07. The molecule has 104 valence electrons. The Labute approximate surface area is 114 Å². The van der Waals surface area contributed by atoms with Crippen LogP contribution in [0, 0.1) is 5.41 Å². The summed E-state index contributed by atoms with van der Waals surface area (Å²) in [4.78, 5) is 4.28. The number of aliphatic imine (C=N–C) groups is 1. The molecule has 0 aromatic rings.